The molecule has 0 aliphatic heterocycles. The van der Waals surface area contributed by atoms with Gasteiger partial charge < -0.3 is 5.32 Å². The normalized spacial score (nSPS) is 24.3. The van der Waals surface area contributed by atoms with E-state index in [0.717, 1.165) is 24.9 Å². The smallest absolute Gasteiger partial charge is 0.107 e. The molecule has 1 aliphatic carbocycles. The van der Waals surface area contributed by atoms with Crippen LogP contribution in [0.2, 0.25) is 0 Å². The van der Waals surface area contributed by atoms with Gasteiger partial charge in [-0.05, 0) is 38.0 Å². The van der Waals surface area contributed by atoms with Gasteiger partial charge in [0.25, 0.3) is 0 Å². The highest BCUT2D eigenvalue weighted by atomic mass is 32.1. The lowest BCUT2D eigenvalue weighted by Crippen LogP contribution is -2.32. The van der Waals surface area contributed by atoms with Crippen molar-refractivity contribution in [2.75, 3.05) is 0 Å². The van der Waals surface area contributed by atoms with Gasteiger partial charge in [0.2, 0.25) is 0 Å². The average Bonchev–Trinajstić information content (AvgIpc) is 2.86. The van der Waals surface area contributed by atoms with Crippen LogP contribution in [0.3, 0.4) is 0 Å². The van der Waals surface area contributed by atoms with Crippen LogP contribution in [0.5, 0.6) is 0 Å². The summed E-state index contributed by atoms with van der Waals surface area (Å²) in [6, 6.07) is 0.729. The van der Waals surface area contributed by atoms with Crippen molar-refractivity contribution < 1.29 is 0 Å². The second-order valence-corrected chi connectivity index (χ2v) is 6.66. The zero-order chi connectivity index (χ0) is 12.8. The summed E-state index contributed by atoms with van der Waals surface area (Å²) in [5.41, 5.74) is 0. The fourth-order valence-electron chi connectivity index (χ4n) is 2.89. The van der Waals surface area contributed by atoms with E-state index < -0.39 is 0 Å². The molecule has 102 valence electrons. The Morgan fingerprint density at radius 3 is 2.67 bits per heavy atom. The summed E-state index contributed by atoms with van der Waals surface area (Å²) in [4.78, 5) is 5.87. The minimum absolute atomic E-state index is 0.729. The van der Waals surface area contributed by atoms with E-state index in [0.29, 0.717) is 0 Å². The number of rotatable bonds is 6. The predicted octanol–water partition coefficient (Wildman–Crippen LogP) is 4.15. The molecular weight excluding hydrogens is 240 g/mol. The number of nitrogens with one attached hydrogen (secondary N) is 1. The zero-order valence-electron chi connectivity index (χ0n) is 11.7. The summed E-state index contributed by atoms with van der Waals surface area (Å²) < 4.78 is 0. The van der Waals surface area contributed by atoms with Gasteiger partial charge >= 0.3 is 0 Å². The van der Waals surface area contributed by atoms with Gasteiger partial charge in [-0.15, -0.1) is 11.3 Å². The Kier molecular flexibility index (Phi) is 5.64. The summed E-state index contributed by atoms with van der Waals surface area (Å²) in [6.07, 6.45) is 11.5. The lowest BCUT2D eigenvalue weighted by molar-refractivity contribution is 0.277. The van der Waals surface area contributed by atoms with Crippen LogP contribution in [-0.2, 0) is 13.0 Å². The number of aromatic nitrogens is 1. The van der Waals surface area contributed by atoms with E-state index in [1.807, 2.05) is 17.5 Å². The number of aryl methyl sites for hydroxylation is 1. The highest BCUT2D eigenvalue weighted by Gasteiger charge is 2.20. The van der Waals surface area contributed by atoms with Crippen LogP contribution in [0, 0.1) is 5.92 Å². The minimum atomic E-state index is 0.729. The van der Waals surface area contributed by atoms with Crippen LogP contribution in [-0.4, -0.2) is 11.0 Å². The molecule has 2 nitrogen and oxygen atoms in total. The maximum absolute atomic E-state index is 4.47. The minimum Gasteiger partial charge on any atom is -0.308 e. The number of hydrogen-bond acceptors (Lipinski definition) is 3. The Labute approximate surface area is 115 Å². The van der Waals surface area contributed by atoms with Crippen molar-refractivity contribution in [2.45, 2.75) is 71.4 Å². The van der Waals surface area contributed by atoms with Crippen molar-refractivity contribution in [1.82, 2.24) is 10.3 Å². The van der Waals surface area contributed by atoms with Crippen molar-refractivity contribution in [2.24, 2.45) is 5.92 Å². The first-order valence-electron chi connectivity index (χ1n) is 7.48. The molecule has 0 unspecified atom stereocenters. The first-order valence-corrected chi connectivity index (χ1v) is 8.30. The molecule has 1 N–H and O–H groups in total. The molecule has 1 aromatic rings. The summed E-state index contributed by atoms with van der Waals surface area (Å²) in [6.45, 7) is 5.46. The Balaban J connectivity index is 1.68. The molecule has 1 heterocycles. The van der Waals surface area contributed by atoms with Crippen LogP contribution in [0.25, 0.3) is 0 Å². The van der Waals surface area contributed by atoms with Gasteiger partial charge in [-0.3, -0.25) is 0 Å². The van der Waals surface area contributed by atoms with Gasteiger partial charge in [0.05, 0.1) is 0 Å². The Morgan fingerprint density at radius 2 is 2.06 bits per heavy atom. The SMILES string of the molecule is CCCC1CCC(NCc2ncc(CC)s2)CC1. The summed E-state index contributed by atoms with van der Waals surface area (Å²) in [5, 5.41) is 4.94. The van der Waals surface area contributed by atoms with Gasteiger partial charge in [0.15, 0.2) is 0 Å². The van der Waals surface area contributed by atoms with Crippen LogP contribution < -0.4 is 5.32 Å². The van der Waals surface area contributed by atoms with Crippen molar-refractivity contribution in [3.8, 4) is 0 Å². The Hall–Kier alpha value is -0.410. The topological polar surface area (TPSA) is 24.9 Å². The Bertz CT molecular complexity index is 340. The second-order valence-electron chi connectivity index (χ2n) is 5.46. The second kappa shape index (κ2) is 7.25. The quantitative estimate of drug-likeness (QED) is 0.836. The maximum Gasteiger partial charge on any atom is 0.107 e. The lowest BCUT2D eigenvalue weighted by Gasteiger charge is -2.28. The van der Waals surface area contributed by atoms with E-state index >= 15 is 0 Å². The summed E-state index contributed by atoms with van der Waals surface area (Å²) in [7, 11) is 0. The molecule has 0 bridgehead atoms. The molecule has 1 saturated carbocycles. The van der Waals surface area contributed by atoms with Crippen molar-refractivity contribution >= 4 is 11.3 Å². The number of hydrogen-bond donors (Lipinski definition) is 1. The molecule has 0 radical (unpaired) electrons. The molecule has 1 aliphatic rings. The molecule has 0 saturated heterocycles. The molecule has 0 amide bonds. The van der Waals surface area contributed by atoms with E-state index in [2.05, 4.69) is 24.1 Å². The molecular formula is C15H26N2S. The van der Waals surface area contributed by atoms with Gasteiger partial charge in [-0.1, -0.05) is 26.7 Å². The van der Waals surface area contributed by atoms with Crippen molar-refractivity contribution in [3.63, 3.8) is 0 Å². The number of thiazole rings is 1. The first-order chi connectivity index (χ1) is 8.81. The van der Waals surface area contributed by atoms with E-state index in [4.69, 9.17) is 0 Å². The van der Waals surface area contributed by atoms with Crippen molar-refractivity contribution in [1.29, 1.82) is 0 Å². The van der Waals surface area contributed by atoms with Gasteiger partial charge in [0, 0.05) is 23.7 Å². The fourth-order valence-corrected chi connectivity index (χ4v) is 3.70. The monoisotopic (exact) mass is 266 g/mol. The van der Waals surface area contributed by atoms with Gasteiger partial charge in [-0.25, -0.2) is 4.98 Å². The van der Waals surface area contributed by atoms with E-state index in [1.165, 1.54) is 48.4 Å². The maximum atomic E-state index is 4.47. The molecule has 0 aromatic carbocycles. The number of nitrogens with zero attached hydrogens (tertiary/aromatic N) is 1. The third-order valence-electron chi connectivity index (χ3n) is 4.04. The molecule has 2 rings (SSSR count). The highest BCUT2D eigenvalue weighted by Crippen LogP contribution is 2.28. The fraction of sp³-hybridized carbons (Fsp3) is 0.800. The first kappa shape index (κ1) is 14.0. The zero-order valence-corrected chi connectivity index (χ0v) is 12.6. The summed E-state index contributed by atoms with van der Waals surface area (Å²) in [5.74, 6) is 1.000. The van der Waals surface area contributed by atoms with Crippen molar-refractivity contribution in [3.05, 3.63) is 16.1 Å². The summed E-state index contributed by atoms with van der Waals surface area (Å²) >= 11 is 1.86. The molecule has 0 atom stereocenters. The van der Waals surface area contributed by atoms with Crippen LogP contribution >= 0.6 is 11.3 Å². The molecule has 1 aromatic heterocycles. The van der Waals surface area contributed by atoms with E-state index in [9.17, 15) is 0 Å². The average molecular weight is 266 g/mol. The highest BCUT2D eigenvalue weighted by molar-refractivity contribution is 7.11. The third-order valence-corrected chi connectivity index (χ3v) is 5.18. The largest absolute Gasteiger partial charge is 0.308 e. The Morgan fingerprint density at radius 1 is 1.28 bits per heavy atom. The van der Waals surface area contributed by atoms with Crippen LogP contribution in [0.15, 0.2) is 6.20 Å². The van der Waals surface area contributed by atoms with E-state index in [1.54, 1.807) is 0 Å². The predicted molar refractivity (Wildman–Crippen MR) is 79.0 cm³/mol. The standard InChI is InChI=1S/C15H26N2S/c1-3-5-12-6-8-13(9-7-12)16-11-15-17-10-14(4-2)18-15/h10,12-13,16H,3-9,11H2,1-2H3. The molecule has 3 heteroatoms. The molecule has 18 heavy (non-hydrogen) atoms. The third kappa shape index (κ3) is 4.06. The molecule has 0 spiro atoms. The van der Waals surface area contributed by atoms with Crippen LogP contribution in [0.4, 0.5) is 0 Å². The van der Waals surface area contributed by atoms with Gasteiger partial charge in [0.1, 0.15) is 5.01 Å². The lowest BCUT2D eigenvalue weighted by atomic mass is 9.83. The molecule has 1 fully saturated rings. The van der Waals surface area contributed by atoms with E-state index in [-0.39, 0.29) is 0 Å². The van der Waals surface area contributed by atoms with Crippen LogP contribution in [0.1, 0.15) is 62.3 Å². The van der Waals surface area contributed by atoms with Gasteiger partial charge in [-0.2, -0.15) is 0 Å².